The van der Waals surface area contributed by atoms with Gasteiger partial charge in [0.1, 0.15) is 5.69 Å². The molecule has 0 atom stereocenters. The van der Waals surface area contributed by atoms with Crippen molar-refractivity contribution in [1.82, 2.24) is 19.6 Å². The van der Waals surface area contributed by atoms with Crippen LogP contribution in [0.3, 0.4) is 0 Å². The number of nitrogens with one attached hydrogen (secondary N) is 1. The standard InChI is InChI=1S/C17H16F3N5O/c1-11-8-15(23-25(11)10-12-6-4-3-5-7-12)21-16(26)13-9-14(17(18,19)20)22-24(13)2/h3-9H,10H2,1-2H3,(H,21,23,26). The number of benzene rings is 1. The van der Waals surface area contributed by atoms with Crippen LogP contribution in [-0.4, -0.2) is 25.5 Å². The molecule has 3 rings (SSSR count). The molecule has 9 heteroatoms. The maximum atomic E-state index is 12.7. The Bertz CT molecular complexity index is 928. The molecule has 0 aliphatic heterocycles. The van der Waals surface area contributed by atoms with Gasteiger partial charge >= 0.3 is 6.18 Å². The molecule has 26 heavy (non-hydrogen) atoms. The van der Waals surface area contributed by atoms with Crippen molar-refractivity contribution < 1.29 is 18.0 Å². The zero-order chi connectivity index (χ0) is 18.9. The highest BCUT2D eigenvalue weighted by molar-refractivity contribution is 6.02. The number of alkyl halides is 3. The van der Waals surface area contributed by atoms with E-state index < -0.39 is 17.8 Å². The van der Waals surface area contributed by atoms with Gasteiger partial charge in [0.05, 0.1) is 6.54 Å². The number of hydrogen-bond donors (Lipinski definition) is 1. The van der Waals surface area contributed by atoms with Crippen LogP contribution in [0, 0.1) is 6.92 Å². The summed E-state index contributed by atoms with van der Waals surface area (Å²) in [6.07, 6.45) is -4.61. The summed E-state index contributed by atoms with van der Waals surface area (Å²) in [6.45, 7) is 2.35. The molecule has 0 radical (unpaired) electrons. The minimum atomic E-state index is -4.61. The Morgan fingerprint density at radius 2 is 1.85 bits per heavy atom. The Morgan fingerprint density at radius 1 is 1.15 bits per heavy atom. The number of aryl methyl sites for hydroxylation is 2. The Hall–Kier alpha value is -3.10. The van der Waals surface area contributed by atoms with Gasteiger partial charge in [0.15, 0.2) is 11.5 Å². The van der Waals surface area contributed by atoms with E-state index in [1.54, 1.807) is 10.7 Å². The molecule has 0 aliphatic rings. The Balaban J connectivity index is 1.76. The molecule has 1 amide bonds. The van der Waals surface area contributed by atoms with Crippen molar-refractivity contribution in [3.8, 4) is 0 Å². The fraction of sp³-hybridized carbons (Fsp3) is 0.235. The summed E-state index contributed by atoms with van der Waals surface area (Å²) >= 11 is 0. The fourth-order valence-corrected chi connectivity index (χ4v) is 2.49. The van der Waals surface area contributed by atoms with Crippen LogP contribution in [0.4, 0.5) is 19.0 Å². The molecule has 2 aromatic heterocycles. The lowest BCUT2D eigenvalue weighted by molar-refractivity contribution is -0.141. The quantitative estimate of drug-likeness (QED) is 0.774. The normalized spacial score (nSPS) is 11.6. The molecule has 0 saturated carbocycles. The number of nitrogens with zero attached hydrogens (tertiary/aromatic N) is 4. The molecule has 3 aromatic rings. The van der Waals surface area contributed by atoms with E-state index in [1.807, 2.05) is 37.3 Å². The molecule has 0 spiro atoms. The van der Waals surface area contributed by atoms with Crippen molar-refractivity contribution in [2.75, 3.05) is 5.32 Å². The highest BCUT2D eigenvalue weighted by Crippen LogP contribution is 2.28. The van der Waals surface area contributed by atoms with Crippen molar-refractivity contribution in [1.29, 1.82) is 0 Å². The summed E-state index contributed by atoms with van der Waals surface area (Å²) in [5.41, 5.74) is 0.534. The van der Waals surface area contributed by atoms with E-state index in [9.17, 15) is 18.0 Å². The monoisotopic (exact) mass is 363 g/mol. The first-order valence-corrected chi connectivity index (χ1v) is 7.75. The Morgan fingerprint density at radius 3 is 2.46 bits per heavy atom. The van der Waals surface area contributed by atoms with Gasteiger partial charge in [0, 0.05) is 24.9 Å². The second-order valence-corrected chi connectivity index (χ2v) is 5.80. The van der Waals surface area contributed by atoms with Crippen molar-refractivity contribution in [3.63, 3.8) is 0 Å². The summed E-state index contributed by atoms with van der Waals surface area (Å²) in [4.78, 5) is 12.3. The van der Waals surface area contributed by atoms with Gasteiger partial charge in [-0.15, -0.1) is 0 Å². The van der Waals surface area contributed by atoms with Gasteiger partial charge < -0.3 is 5.32 Å². The molecule has 1 N–H and O–H groups in total. The third-order valence-corrected chi connectivity index (χ3v) is 3.80. The lowest BCUT2D eigenvalue weighted by Crippen LogP contribution is -2.16. The number of amides is 1. The highest BCUT2D eigenvalue weighted by Gasteiger charge is 2.35. The second-order valence-electron chi connectivity index (χ2n) is 5.80. The fourth-order valence-electron chi connectivity index (χ4n) is 2.49. The predicted octanol–water partition coefficient (Wildman–Crippen LogP) is 3.24. The van der Waals surface area contributed by atoms with Gasteiger partial charge in [0.25, 0.3) is 5.91 Å². The molecule has 136 valence electrons. The largest absolute Gasteiger partial charge is 0.435 e. The van der Waals surface area contributed by atoms with Crippen molar-refractivity contribution in [3.05, 3.63) is 65.1 Å². The van der Waals surface area contributed by atoms with Crippen LogP contribution in [0.25, 0.3) is 0 Å². The number of anilines is 1. The van der Waals surface area contributed by atoms with Crippen LogP contribution < -0.4 is 5.32 Å². The second kappa shape index (κ2) is 6.66. The number of carbonyl (C=O) groups is 1. The summed E-state index contributed by atoms with van der Waals surface area (Å²) < 4.78 is 40.7. The smallest absolute Gasteiger partial charge is 0.304 e. The van der Waals surface area contributed by atoms with Crippen molar-refractivity contribution >= 4 is 11.7 Å². The maximum Gasteiger partial charge on any atom is 0.435 e. The van der Waals surface area contributed by atoms with Gasteiger partial charge in [-0.2, -0.15) is 23.4 Å². The minimum Gasteiger partial charge on any atom is -0.304 e. The molecular formula is C17H16F3N5O. The maximum absolute atomic E-state index is 12.7. The number of rotatable bonds is 4. The molecule has 1 aromatic carbocycles. The van der Waals surface area contributed by atoms with Crippen LogP contribution >= 0.6 is 0 Å². The zero-order valence-corrected chi connectivity index (χ0v) is 14.1. The SMILES string of the molecule is Cc1cc(NC(=O)c2cc(C(F)(F)F)nn2C)nn1Cc1ccccc1. The summed E-state index contributed by atoms with van der Waals surface area (Å²) in [5.74, 6) is -0.446. The third kappa shape index (κ3) is 3.76. The van der Waals surface area contributed by atoms with Gasteiger partial charge in [-0.25, -0.2) is 0 Å². The molecule has 2 heterocycles. The number of carbonyl (C=O) groups excluding carboxylic acids is 1. The van der Waals surface area contributed by atoms with E-state index in [1.165, 1.54) is 7.05 Å². The van der Waals surface area contributed by atoms with Crippen molar-refractivity contribution in [2.45, 2.75) is 19.6 Å². The van der Waals surface area contributed by atoms with Gasteiger partial charge in [-0.1, -0.05) is 30.3 Å². The van der Waals surface area contributed by atoms with E-state index in [4.69, 9.17) is 0 Å². The Labute approximate surface area is 147 Å². The van der Waals surface area contributed by atoms with Crippen LogP contribution in [0.5, 0.6) is 0 Å². The molecule has 0 unspecified atom stereocenters. The van der Waals surface area contributed by atoms with Crippen molar-refractivity contribution in [2.24, 2.45) is 7.05 Å². The van der Waals surface area contributed by atoms with Gasteiger partial charge in [0.2, 0.25) is 0 Å². The van der Waals surface area contributed by atoms with E-state index >= 15 is 0 Å². The van der Waals surface area contributed by atoms with Gasteiger partial charge in [-0.3, -0.25) is 14.2 Å². The molecule has 0 saturated heterocycles. The highest BCUT2D eigenvalue weighted by atomic mass is 19.4. The average Bonchev–Trinajstić information content (AvgIpc) is 3.11. The van der Waals surface area contributed by atoms with Crippen LogP contribution in [0.1, 0.15) is 27.4 Å². The van der Waals surface area contributed by atoms with Gasteiger partial charge in [-0.05, 0) is 12.5 Å². The number of hydrogen-bond acceptors (Lipinski definition) is 3. The molecule has 0 fully saturated rings. The first-order chi connectivity index (χ1) is 12.2. The third-order valence-electron chi connectivity index (χ3n) is 3.80. The zero-order valence-electron chi connectivity index (χ0n) is 14.1. The molecule has 0 bridgehead atoms. The van der Waals surface area contributed by atoms with E-state index in [0.29, 0.717) is 12.6 Å². The molecule has 0 aliphatic carbocycles. The Kier molecular flexibility index (Phi) is 4.54. The number of halogens is 3. The van der Waals surface area contributed by atoms with Crippen LogP contribution in [0.2, 0.25) is 0 Å². The topological polar surface area (TPSA) is 64.7 Å². The van der Waals surface area contributed by atoms with E-state index in [2.05, 4.69) is 15.5 Å². The van der Waals surface area contributed by atoms with E-state index in [-0.39, 0.29) is 11.5 Å². The lowest BCUT2D eigenvalue weighted by atomic mass is 10.2. The summed E-state index contributed by atoms with van der Waals surface area (Å²) in [6, 6.07) is 12.0. The first kappa shape index (κ1) is 17.7. The number of aromatic nitrogens is 4. The van der Waals surface area contributed by atoms with Crippen LogP contribution in [-0.2, 0) is 19.8 Å². The average molecular weight is 363 g/mol. The first-order valence-electron chi connectivity index (χ1n) is 7.75. The molecule has 6 nitrogen and oxygen atoms in total. The summed E-state index contributed by atoms with van der Waals surface area (Å²) in [7, 11) is 1.28. The minimum absolute atomic E-state index is 0.201. The van der Waals surface area contributed by atoms with E-state index in [0.717, 1.165) is 15.9 Å². The lowest BCUT2D eigenvalue weighted by Gasteiger charge is -2.04. The van der Waals surface area contributed by atoms with Crippen LogP contribution in [0.15, 0.2) is 42.5 Å². The predicted molar refractivity (Wildman–Crippen MR) is 88.7 cm³/mol. The summed E-state index contributed by atoms with van der Waals surface area (Å²) in [5, 5.41) is 10.1. The molecular weight excluding hydrogens is 347 g/mol.